The number of nitrogens with zero attached hydrogens (tertiary/aromatic N) is 1. The molecule has 4 heteroatoms. The average molecular weight is 258 g/mol. The molecule has 0 heterocycles. The quantitative estimate of drug-likeness (QED) is 0.682. The fourth-order valence-corrected chi connectivity index (χ4v) is 2.41. The summed E-state index contributed by atoms with van der Waals surface area (Å²) in [4.78, 5) is 14.1. The highest BCUT2D eigenvalue weighted by molar-refractivity contribution is 7.80. The van der Waals surface area contributed by atoms with Crippen LogP contribution in [-0.4, -0.2) is 43.2 Å². The van der Waals surface area contributed by atoms with Gasteiger partial charge in [0.15, 0.2) is 0 Å². The van der Waals surface area contributed by atoms with Crippen LogP contribution in [0.5, 0.6) is 0 Å². The molecule has 1 saturated carbocycles. The van der Waals surface area contributed by atoms with Crippen molar-refractivity contribution in [3.05, 3.63) is 0 Å². The van der Waals surface area contributed by atoms with E-state index in [1.165, 1.54) is 0 Å². The molecule has 0 saturated heterocycles. The van der Waals surface area contributed by atoms with Crippen molar-refractivity contribution in [1.29, 1.82) is 0 Å². The highest BCUT2D eigenvalue weighted by Crippen LogP contribution is 2.49. The monoisotopic (exact) mass is 258 g/mol. The van der Waals surface area contributed by atoms with Crippen molar-refractivity contribution in [1.82, 2.24) is 10.2 Å². The number of hydrogen-bond donors (Lipinski definition) is 2. The number of rotatable bonds is 7. The largest absolute Gasteiger partial charge is 0.352 e. The van der Waals surface area contributed by atoms with Crippen LogP contribution in [-0.2, 0) is 4.79 Å². The third-order valence-electron chi connectivity index (χ3n) is 3.54. The third kappa shape index (κ3) is 4.88. The van der Waals surface area contributed by atoms with Crippen LogP contribution in [0.25, 0.3) is 0 Å². The van der Waals surface area contributed by atoms with Gasteiger partial charge >= 0.3 is 0 Å². The molecule has 0 radical (unpaired) electrons. The molecule has 0 aliphatic heterocycles. The number of amides is 1. The summed E-state index contributed by atoms with van der Waals surface area (Å²) in [6.45, 7) is 5.21. The maximum absolute atomic E-state index is 12.0. The first-order valence-corrected chi connectivity index (χ1v) is 7.07. The summed E-state index contributed by atoms with van der Waals surface area (Å²) in [6, 6.07) is 0.244. The van der Waals surface area contributed by atoms with E-state index in [-0.39, 0.29) is 17.4 Å². The summed E-state index contributed by atoms with van der Waals surface area (Å²) in [5.41, 5.74) is 0.215. The minimum Gasteiger partial charge on any atom is -0.352 e. The predicted molar refractivity (Wildman–Crippen MR) is 75.5 cm³/mol. The van der Waals surface area contributed by atoms with Gasteiger partial charge in [0, 0.05) is 19.0 Å². The van der Waals surface area contributed by atoms with Gasteiger partial charge in [0.2, 0.25) is 5.91 Å². The maximum atomic E-state index is 12.0. The second-order valence-electron chi connectivity index (χ2n) is 6.02. The van der Waals surface area contributed by atoms with Crippen molar-refractivity contribution >= 4 is 18.5 Å². The van der Waals surface area contributed by atoms with Gasteiger partial charge < -0.3 is 10.2 Å². The summed E-state index contributed by atoms with van der Waals surface area (Å²) in [7, 11) is 4.08. The van der Waals surface area contributed by atoms with Gasteiger partial charge in [-0.05, 0) is 44.0 Å². The third-order valence-corrected chi connectivity index (χ3v) is 4.21. The lowest BCUT2D eigenvalue weighted by molar-refractivity contribution is -0.123. The molecule has 1 rings (SSSR count). The molecular formula is C13H26N2OS. The van der Waals surface area contributed by atoms with Crippen LogP contribution in [0.4, 0.5) is 0 Å². The van der Waals surface area contributed by atoms with Gasteiger partial charge in [0.05, 0.1) is 0 Å². The summed E-state index contributed by atoms with van der Waals surface area (Å²) in [5.74, 6) is 1.49. The van der Waals surface area contributed by atoms with Crippen LogP contribution in [0.1, 0.15) is 33.1 Å². The molecule has 0 aromatic heterocycles. The van der Waals surface area contributed by atoms with E-state index in [9.17, 15) is 4.79 Å². The second kappa shape index (κ2) is 6.10. The van der Waals surface area contributed by atoms with Gasteiger partial charge in [-0.1, -0.05) is 13.8 Å². The molecule has 0 aromatic rings. The van der Waals surface area contributed by atoms with Crippen molar-refractivity contribution in [3.8, 4) is 0 Å². The fraction of sp³-hybridized carbons (Fsp3) is 0.923. The van der Waals surface area contributed by atoms with Crippen LogP contribution >= 0.6 is 12.6 Å². The maximum Gasteiger partial charge on any atom is 0.220 e. The Labute approximate surface area is 111 Å². The summed E-state index contributed by atoms with van der Waals surface area (Å²) in [6.07, 6.45) is 2.96. The van der Waals surface area contributed by atoms with Crippen molar-refractivity contribution in [2.75, 3.05) is 26.4 Å². The van der Waals surface area contributed by atoms with E-state index in [1.807, 2.05) is 14.1 Å². The Balaban J connectivity index is 2.41. The van der Waals surface area contributed by atoms with Gasteiger partial charge in [-0.25, -0.2) is 0 Å². The van der Waals surface area contributed by atoms with Crippen molar-refractivity contribution in [3.63, 3.8) is 0 Å². The van der Waals surface area contributed by atoms with Gasteiger partial charge in [0.1, 0.15) is 0 Å². The second-order valence-corrected chi connectivity index (χ2v) is 6.33. The van der Waals surface area contributed by atoms with Crippen molar-refractivity contribution < 1.29 is 4.79 Å². The zero-order valence-corrected chi connectivity index (χ0v) is 12.4. The summed E-state index contributed by atoms with van der Waals surface area (Å²) in [5, 5.41) is 3.16. The van der Waals surface area contributed by atoms with Gasteiger partial charge in [-0.3, -0.25) is 4.79 Å². The molecule has 1 aliphatic carbocycles. The first kappa shape index (κ1) is 14.8. The molecule has 1 fully saturated rings. The number of carbonyl (C=O) groups excluding carboxylic acids is 1. The Bertz CT molecular complexity index is 262. The first-order valence-electron chi connectivity index (χ1n) is 6.43. The molecule has 1 N–H and O–H groups in total. The Hall–Kier alpha value is -0.220. The number of likely N-dealkylation sites (N-methyl/N-ethyl adjacent to an activating group) is 1. The first-order chi connectivity index (χ1) is 7.88. The topological polar surface area (TPSA) is 32.3 Å². The molecule has 100 valence electrons. The van der Waals surface area contributed by atoms with Crippen molar-refractivity contribution in [2.45, 2.75) is 39.2 Å². The van der Waals surface area contributed by atoms with E-state index < -0.39 is 0 Å². The molecule has 0 bridgehead atoms. The SMILES string of the molecule is CC(C)C(CN(C)C)NC(=O)CC1(CS)CC1. The van der Waals surface area contributed by atoms with E-state index in [2.05, 4.69) is 36.7 Å². The van der Waals surface area contributed by atoms with Crippen LogP contribution in [0.2, 0.25) is 0 Å². The van der Waals surface area contributed by atoms with Crippen LogP contribution < -0.4 is 5.32 Å². The molecule has 1 unspecified atom stereocenters. The lowest BCUT2D eigenvalue weighted by Gasteiger charge is -2.26. The fourth-order valence-electron chi connectivity index (χ4n) is 1.98. The molecule has 3 nitrogen and oxygen atoms in total. The highest BCUT2D eigenvalue weighted by Gasteiger charge is 2.43. The molecule has 1 atom stereocenters. The lowest BCUT2D eigenvalue weighted by atomic mass is 10.0. The van der Waals surface area contributed by atoms with Gasteiger partial charge in [-0.2, -0.15) is 12.6 Å². The Morgan fingerprint density at radius 2 is 2.00 bits per heavy atom. The Morgan fingerprint density at radius 3 is 2.35 bits per heavy atom. The number of thiol groups is 1. The highest BCUT2D eigenvalue weighted by atomic mass is 32.1. The minimum absolute atomic E-state index is 0.192. The number of nitrogens with one attached hydrogen (secondary N) is 1. The van der Waals surface area contributed by atoms with E-state index in [4.69, 9.17) is 0 Å². The minimum atomic E-state index is 0.192. The van der Waals surface area contributed by atoms with Crippen LogP contribution in [0, 0.1) is 11.3 Å². The molecule has 1 amide bonds. The van der Waals surface area contributed by atoms with E-state index in [0.717, 1.165) is 25.1 Å². The summed E-state index contributed by atoms with van der Waals surface area (Å²) >= 11 is 4.34. The molecule has 1 aliphatic rings. The molecule has 0 spiro atoms. The zero-order valence-electron chi connectivity index (χ0n) is 11.5. The summed E-state index contributed by atoms with van der Waals surface area (Å²) < 4.78 is 0. The van der Waals surface area contributed by atoms with E-state index >= 15 is 0 Å². The number of carbonyl (C=O) groups is 1. The van der Waals surface area contributed by atoms with Gasteiger partial charge in [0.25, 0.3) is 0 Å². The Morgan fingerprint density at radius 1 is 1.41 bits per heavy atom. The van der Waals surface area contributed by atoms with E-state index in [0.29, 0.717) is 12.3 Å². The molecular weight excluding hydrogens is 232 g/mol. The molecule has 17 heavy (non-hydrogen) atoms. The smallest absolute Gasteiger partial charge is 0.220 e. The van der Waals surface area contributed by atoms with Crippen LogP contribution in [0.15, 0.2) is 0 Å². The standard InChI is InChI=1S/C13H26N2OS/c1-10(2)11(8-15(3)4)14-12(16)7-13(9-17)5-6-13/h10-11,17H,5-9H2,1-4H3,(H,14,16). The zero-order chi connectivity index (χ0) is 13.1. The van der Waals surface area contributed by atoms with Crippen molar-refractivity contribution in [2.24, 2.45) is 11.3 Å². The lowest BCUT2D eigenvalue weighted by Crippen LogP contribution is -2.45. The predicted octanol–water partition coefficient (Wildman–Crippen LogP) is 1.79. The van der Waals surface area contributed by atoms with Gasteiger partial charge in [-0.15, -0.1) is 0 Å². The number of hydrogen-bond acceptors (Lipinski definition) is 3. The van der Waals surface area contributed by atoms with E-state index in [1.54, 1.807) is 0 Å². The van der Waals surface area contributed by atoms with Crippen LogP contribution in [0.3, 0.4) is 0 Å². The average Bonchev–Trinajstić information content (AvgIpc) is 2.96. The normalized spacial score (nSPS) is 19.5. The Kier molecular flexibility index (Phi) is 5.32. The molecule has 0 aromatic carbocycles.